The number of hydrogen-bond acceptors (Lipinski definition) is 4. The SMILES string of the molecule is COc1ccnc(CNc2cc(F)c(F)cc2F)c1OC. The topological polar surface area (TPSA) is 43.4 Å². The molecule has 0 atom stereocenters. The first kappa shape index (κ1) is 15.0. The van der Waals surface area contributed by atoms with Crippen molar-refractivity contribution in [2.45, 2.75) is 6.54 Å². The first-order valence-corrected chi connectivity index (χ1v) is 6.01. The molecule has 112 valence electrons. The molecule has 1 aromatic heterocycles. The van der Waals surface area contributed by atoms with E-state index < -0.39 is 17.5 Å². The largest absolute Gasteiger partial charge is 0.493 e. The van der Waals surface area contributed by atoms with Gasteiger partial charge in [0.05, 0.1) is 26.5 Å². The second kappa shape index (κ2) is 6.34. The number of benzene rings is 1. The lowest BCUT2D eigenvalue weighted by atomic mass is 10.2. The Hall–Kier alpha value is -2.44. The molecular weight excluding hydrogens is 285 g/mol. The van der Waals surface area contributed by atoms with Gasteiger partial charge in [-0.2, -0.15) is 0 Å². The molecule has 1 N–H and O–H groups in total. The Balaban J connectivity index is 2.22. The third kappa shape index (κ3) is 3.18. The highest BCUT2D eigenvalue weighted by Crippen LogP contribution is 2.29. The van der Waals surface area contributed by atoms with E-state index in [1.165, 1.54) is 20.4 Å². The second-order valence-corrected chi connectivity index (χ2v) is 4.09. The molecule has 0 aliphatic carbocycles. The van der Waals surface area contributed by atoms with Crippen molar-refractivity contribution in [3.05, 3.63) is 47.5 Å². The molecule has 0 radical (unpaired) electrons. The highest BCUT2D eigenvalue weighted by Gasteiger charge is 2.13. The monoisotopic (exact) mass is 298 g/mol. The minimum Gasteiger partial charge on any atom is -0.493 e. The molecule has 2 aromatic rings. The van der Waals surface area contributed by atoms with E-state index in [9.17, 15) is 13.2 Å². The number of rotatable bonds is 5. The summed E-state index contributed by atoms with van der Waals surface area (Å²) in [4.78, 5) is 4.09. The lowest BCUT2D eigenvalue weighted by Gasteiger charge is -2.13. The summed E-state index contributed by atoms with van der Waals surface area (Å²) < 4.78 is 49.8. The third-order valence-electron chi connectivity index (χ3n) is 2.82. The zero-order valence-electron chi connectivity index (χ0n) is 11.4. The molecule has 0 saturated heterocycles. The first-order valence-electron chi connectivity index (χ1n) is 6.01. The lowest BCUT2D eigenvalue weighted by Crippen LogP contribution is -2.07. The molecule has 1 aromatic carbocycles. The second-order valence-electron chi connectivity index (χ2n) is 4.09. The predicted molar refractivity (Wildman–Crippen MR) is 71.0 cm³/mol. The molecule has 21 heavy (non-hydrogen) atoms. The van der Waals surface area contributed by atoms with E-state index in [-0.39, 0.29) is 12.2 Å². The molecule has 0 aliphatic heterocycles. The zero-order valence-corrected chi connectivity index (χ0v) is 11.4. The van der Waals surface area contributed by atoms with Crippen LogP contribution in [0.15, 0.2) is 24.4 Å². The Kier molecular flexibility index (Phi) is 4.52. The number of nitrogens with zero attached hydrogens (tertiary/aromatic N) is 1. The normalized spacial score (nSPS) is 10.3. The average Bonchev–Trinajstić information content (AvgIpc) is 2.49. The van der Waals surface area contributed by atoms with Crippen LogP contribution in [0.25, 0.3) is 0 Å². The summed E-state index contributed by atoms with van der Waals surface area (Å²) in [5.41, 5.74) is 0.279. The van der Waals surface area contributed by atoms with E-state index in [0.717, 1.165) is 6.07 Å². The Morgan fingerprint density at radius 2 is 1.76 bits per heavy atom. The fourth-order valence-corrected chi connectivity index (χ4v) is 1.81. The number of pyridine rings is 1. The maximum atomic E-state index is 13.5. The van der Waals surface area contributed by atoms with Crippen LogP contribution in [0.4, 0.5) is 18.9 Å². The Morgan fingerprint density at radius 3 is 2.43 bits per heavy atom. The van der Waals surface area contributed by atoms with Crippen molar-refractivity contribution in [3.8, 4) is 11.5 Å². The minimum atomic E-state index is -1.24. The fourth-order valence-electron chi connectivity index (χ4n) is 1.81. The van der Waals surface area contributed by atoms with Crippen LogP contribution < -0.4 is 14.8 Å². The van der Waals surface area contributed by atoms with Gasteiger partial charge in [-0.15, -0.1) is 0 Å². The molecule has 0 unspecified atom stereocenters. The van der Waals surface area contributed by atoms with Crippen molar-refractivity contribution < 1.29 is 22.6 Å². The van der Waals surface area contributed by atoms with Crippen LogP contribution in [0, 0.1) is 17.5 Å². The van der Waals surface area contributed by atoms with Gasteiger partial charge in [-0.25, -0.2) is 13.2 Å². The van der Waals surface area contributed by atoms with E-state index in [2.05, 4.69) is 10.3 Å². The van der Waals surface area contributed by atoms with Crippen molar-refractivity contribution in [2.75, 3.05) is 19.5 Å². The number of ether oxygens (including phenoxy) is 2. The number of methoxy groups -OCH3 is 2. The van der Waals surface area contributed by atoms with Crippen molar-refractivity contribution in [1.29, 1.82) is 0 Å². The predicted octanol–water partition coefficient (Wildman–Crippen LogP) is 3.13. The van der Waals surface area contributed by atoms with Crippen molar-refractivity contribution >= 4 is 5.69 Å². The standard InChI is InChI=1S/C14H13F3N2O2/c1-20-13-3-4-18-12(14(13)21-2)7-19-11-6-9(16)8(15)5-10(11)17/h3-6,19H,7H2,1-2H3. The van der Waals surface area contributed by atoms with Gasteiger partial charge in [-0.05, 0) is 0 Å². The number of hydrogen-bond donors (Lipinski definition) is 1. The summed E-state index contributed by atoms with van der Waals surface area (Å²) in [5.74, 6) is -2.42. The first-order chi connectivity index (χ1) is 10.1. The van der Waals surface area contributed by atoms with Crippen LogP contribution >= 0.6 is 0 Å². The molecule has 1 heterocycles. The summed E-state index contributed by atoms with van der Waals surface area (Å²) in [5, 5.41) is 2.64. The summed E-state index contributed by atoms with van der Waals surface area (Å²) in [6, 6.07) is 2.84. The molecule has 0 spiro atoms. The van der Waals surface area contributed by atoms with Crippen molar-refractivity contribution in [1.82, 2.24) is 4.98 Å². The van der Waals surface area contributed by atoms with Crippen LogP contribution in [0.3, 0.4) is 0 Å². The molecule has 0 bridgehead atoms. The van der Waals surface area contributed by atoms with Crippen LogP contribution in [0.5, 0.6) is 11.5 Å². The molecule has 2 rings (SSSR count). The Labute approximate surface area is 119 Å². The van der Waals surface area contributed by atoms with Crippen LogP contribution in [0.1, 0.15) is 5.69 Å². The molecule has 4 nitrogen and oxygen atoms in total. The fraction of sp³-hybridized carbons (Fsp3) is 0.214. The van der Waals surface area contributed by atoms with E-state index in [0.29, 0.717) is 23.3 Å². The summed E-state index contributed by atoms with van der Waals surface area (Å²) in [7, 11) is 2.92. The Bertz CT molecular complexity index is 650. The summed E-state index contributed by atoms with van der Waals surface area (Å²) in [6.07, 6.45) is 1.50. The molecular formula is C14H13F3N2O2. The van der Waals surface area contributed by atoms with Gasteiger partial charge in [0.1, 0.15) is 11.5 Å². The van der Waals surface area contributed by atoms with E-state index in [1.807, 2.05) is 0 Å². The summed E-state index contributed by atoms with van der Waals surface area (Å²) >= 11 is 0. The van der Waals surface area contributed by atoms with Gasteiger partial charge in [0, 0.05) is 24.4 Å². The van der Waals surface area contributed by atoms with Crippen LogP contribution in [-0.2, 0) is 6.54 Å². The third-order valence-corrected chi connectivity index (χ3v) is 2.82. The molecule has 0 saturated carbocycles. The van der Waals surface area contributed by atoms with Gasteiger partial charge in [-0.1, -0.05) is 0 Å². The molecule has 0 aliphatic rings. The average molecular weight is 298 g/mol. The number of halogens is 3. The Morgan fingerprint density at radius 1 is 1.05 bits per heavy atom. The minimum absolute atomic E-state index is 0.0579. The maximum Gasteiger partial charge on any atom is 0.184 e. The highest BCUT2D eigenvalue weighted by molar-refractivity contribution is 5.48. The van der Waals surface area contributed by atoms with Gasteiger partial charge in [0.15, 0.2) is 23.1 Å². The van der Waals surface area contributed by atoms with E-state index in [4.69, 9.17) is 9.47 Å². The molecule has 7 heteroatoms. The lowest BCUT2D eigenvalue weighted by molar-refractivity contribution is 0.350. The van der Waals surface area contributed by atoms with Crippen LogP contribution in [-0.4, -0.2) is 19.2 Å². The number of aromatic nitrogens is 1. The van der Waals surface area contributed by atoms with Gasteiger partial charge < -0.3 is 14.8 Å². The summed E-state index contributed by atoms with van der Waals surface area (Å²) in [6.45, 7) is 0.0579. The quantitative estimate of drug-likeness (QED) is 0.861. The van der Waals surface area contributed by atoms with E-state index >= 15 is 0 Å². The van der Waals surface area contributed by atoms with Crippen molar-refractivity contribution in [2.24, 2.45) is 0 Å². The van der Waals surface area contributed by atoms with Crippen molar-refractivity contribution in [3.63, 3.8) is 0 Å². The van der Waals surface area contributed by atoms with Gasteiger partial charge in [-0.3, -0.25) is 4.98 Å². The zero-order chi connectivity index (χ0) is 15.4. The van der Waals surface area contributed by atoms with Gasteiger partial charge in [0.25, 0.3) is 0 Å². The molecule has 0 amide bonds. The highest BCUT2D eigenvalue weighted by atomic mass is 19.2. The molecule has 0 fully saturated rings. The maximum absolute atomic E-state index is 13.5. The van der Waals surface area contributed by atoms with Crippen LogP contribution in [0.2, 0.25) is 0 Å². The van der Waals surface area contributed by atoms with Gasteiger partial charge in [0.2, 0.25) is 0 Å². The van der Waals surface area contributed by atoms with E-state index in [1.54, 1.807) is 6.07 Å². The smallest absolute Gasteiger partial charge is 0.184 e. The van der Waals surface area contributed by atoms with Gasteiger partial charge >= 0.3 is 0 Å². The number of anilines is 1. The number of nitrogens with one attached hydrogen (secondary N) is 1.